The molecular formula is C17H15FN4O2S. The smallest absolute Gasteiger partial charge is 0.262 e. The highest BCUT2D eigenvalue weighted by atomic mass is 32.1. The summed E-state index contributed by atoms with van der Waals surface area (Å²) in [5.41, 5.74) is 2.73. The molecule has 0 bridgehead atoms. The highest BCUT2D eigenvalue weighted by Gasteiger charge is 2.10. The number of hydrogen-bond acceptors (Lipinski definition) is 5. The molecule has 1 N–H and O–H groups in total. The van der Waals surface area contributed by atoms with E-state index in [-0.39, 0.29) is 17.9 Å². The Kier molecular flexibility index (Phi) is 4.99. The van der Waals surface area contributed by atoms with E-state index in [0.29, 0.717) is 15.8 Å². The Morgan fingerprint density at radius 1 is 1.40 bits per heavy atom. The normalized spacial score (nSPS) is 11.3. The van der Waals surface area contributed by atoms with Crippen molar-refractivity contribution < 1.29 is 9.18 Å². The third-order valence-electron chi connectivity index (χ3n) is 3.50. The summed E-state index contributed by atoms with van der Waals surface area (Å²) >= 11 is 1.48. The number of fused-ring (bicyclic) bond motifs is 1. The van der Waals surface area contributed by atoms with Crippen LogP contribution in [0.1, 0.15) is 17.4 Å². The van der Waals surface area contributed by atoms with Gasteiger partial charge in [-0.2, -0.15) is 5.10 Å². The van der Waals surface area contributed by atoms with Crippen molar-refractivity contribution in [1.29, 1.82) is 0 Å². The molecule has 1 aromatic carbocycles. The topological polar surface area (TPSA) is 76.3 Å². The number of carbonyl (C=O) groups is 1. The Bertz CT molecular complexity index is 992. The Hall–Kier alpha value is -2.87. The molecule has 8 heteroatoms. The zero-order chi connectivity index (χ0) is 17.8. The molecule has 6 nitrogen and oxygen atoms in total. The van der Waals surface area contributed by atoms with E-state index in [1.807, 2.05) is 13.0 Å². The average molecular weight is 358 g/mol. The number of benzene rings is 1. The average Bonchev–Trinajstić information content (AvgIpc) is 3.03. The molecule has 0 saturated heterocycles. The van der Waals surface area contributed by atoms with E-state index in [4.69, 9.17) is 0 Å². The van der Waals surface area contributed by atoms with Gasteiger partial charge in [0.05, 0.1) is 17.9 Å². The van der Waals surface area contributed by atoms with Crippen molar-refractivity contribution in [3.05, 3.63) is 63.3 Å². The van der Waals surface area contributed by atoms with E-state index in [0.717, 1.165) is 11.3 Å². The van der Waals surface area contributed by atoms with Crippen LogP contribution in [-0.4, -0.2) is 21.7 Å². The number of nitrogens with zero attached hydrogens (tertiary/aromatic N) is 3. The molecule has 3 aromatic rings. The van der Waals surface area contributed by atoms with Crippen LogP contribution in [0.4, 0.5) is 4.39 Å². The van der Waals surface area contributed by atoms with E-state index >= 15 is 0 Å². The van der Waals surface area contributed by atoms with Crippen molar-refractivity contribution in [2.45, 2.75) is 19.9 Å². The Morgan fingerprint density at radius 3 is 2.88 bits per heavy atom. The van der Waals surface area contributed by atoms with Crippen LogP contribution in [0.5, 0.6) is 0 Å². The molecular weight excluding hydrogens is 343 g/mol. The first-order valence-electron chi connectivity index (χ1n) is 7.62. The zero-order valence-corrected chi connectivity index (χ0v) is 14.2. The summed E-state index contributed by atoms with van der Waals surface area (Å²) in [5.74, 6) is -0.796. The number of thiophene rings is 1. The Balaban J connectivity index is 1.68. The lowest BCUT2D eigenvalue weighted by atomic mass is 10.2. The number of aromatic nitrogens is 2. The summed E-state index contributed by atoms with van der Waals surface area (Å²) in [7, 11) is 0. The van der Waals surface area contributed by atoms with Crippen LogP contribution >= 0.6 is 11.3 Å². The van der Waals surface area contributed by atoms with Gasteiger partial charge in [-0.15, -0.1) is 11.3 Å². The number of aryl methyl sites for hydroxylation is 1. The lowest BCUT2D eigenvalue weighted by Crippen LogP contribution is -2.29. The molecule has 0 radical (unpaired) electrons. The van der Waals surface area contributed by atoms with Crippen molar-refractivity contribution in [2.24, 2.45) is 5.10 Å². The lowest BCUT2D eigenvalue weighted by molar-refractivity contribution is -0.121. The first-order valence-corrected chi connectivity index (χ1v) is 8.44. The summed E-state index contributed by atoms with van der Waals surface area (Å²) in [5, 5.41) is 4.32. The van der Waals surface area contributed by atoms with Crippen LogP contribution in [0.15, 0.2) is 46.6 Å². The quantitative estimate of drug-likeness (QED) is 0.562. The maximum atomic E-state index is 12.8. The second-order valence-corrected chi connectivity index (χ2v) is 6.42. The minimum Gasteiger partial charge on any atom is -0.289 e. The number of halogens is 1. The Morgan fingerprint density at radius 2 is 2.16 bits per heavy atom. The summed E-state index contributed by atoms with van der Waals surface area (Å²) < 4.78 is 14.0. The highest BCUT2D eigenvalue weighted by Crippen LogP contribution is 2.20. The maximum Gasteiger partial charge on any atom is 0.262 e. The number of hydrazone groups is 1. The van der Waals surface area contributed by atoms with Crippen molar-refractivity contribution in [2.75, 3.05) is 0 Å². The largest absolute Gasteiger partial charge is 0.289 e. The third-order valence-corrected chi connectivity index (χ3v) is 4.69. The molecule has 0 atom stereocenters. The van der Waals surface area contributed by atoms with E-state index in [1.54, 1.807) is 0 Å². The fraction of sp³-hybridized carbons (Fsp3) is 0.176. The van der Waals surface area contributed by atoms with Crippen molar-refractivity contribution >= 4 is 33.7 Å². The van der Waals surface area contributed by atoms with Crippen molar-refractivity contribution in [3.63, 3.8) is 0 Å². The first-order chi connectivity index (χ1) is 12.1. The molecule has 2 heterocycles. The fourth-order valence-corrected chi connectivity index (χ4v) is 3.14. The van der Waals surface area contributed by atoms with E-state index in [9.17, 15) is 14.0 Å². The van der Waals surface area contributed by atoms with Gasteiger partial charge in [-0.05, 0) is 30.2 Å². The Labute approximate surface area is 146 Å². The van der Waals surface area contributed by atoms with Crippen LogP contribution in [0.2, 0.25) is 0 Å². The van der Waals surface area contributed by atoms with Gasteiger partial charge in [-0.25, -0.2) is 14.8 Å². The van der Waals surface area contributed by atoms with Crippen LogP contribution in [0.3, 0.4) is 0 Å². The summed E-state index contributed by atoms with van der Waals surface area (Å²) in [4.78, 5) is 30.3. The molecule has 0 unspecified atom stereocenters. The molecule has 1 amide bonds. The van der Waals surface area contributed by atoms with Gasteiger partial charge in [0.25, 0.3) is 11.5 Å². The van der Waals surface area contributed by atoms with Gasteiger partial charge in [-0.3, -0.25) is 14.2 Å². The van der Waals surface area contributed by atoms with Crippen LogP contribution in [0, 0.1) is 5.82 Å². The molecule has 0 aliphatic rings. The molecule has 0 aliphatic carbocycles. The van der Waals surface area contributed by atoms with Crippen molar-refractivity contribution in [1.82, 2.24) is 15.0 Å². The van der Waals surface area contributed by atoms with E-state index in [1.165, 1.54) is 52.7 Å². The second-order valence-electron chi connectivity index (χ2n) is 5.31. The van der Waals surface area contributed by atoms with Gasteiger partial charge >= 0.3 is 0 Å². The number of hydrogen-bond donors (Lipinski definition) is 1. The number of rotatable bonds is 5. The summed E-state index contributed by atoms with van der Waals surface area (Å²) in [6, 6.07) is 7.49. The van der Waals surface area contributed by atoms with Gasteiger partial charge < -0.3 is 0 Å². The molecule has 0 aliphatic heterocycles. The van der Waals surface area contributed by atoms with Gasteiger partial charge in [-0.1, -0.05) is 19.1 Å². The second kappa shape index (κ2) is 7.35. The van der Waals surface area contributed by atoms with Gasteiger partial charge in [0, 0.05) is 4.88 Å². The SMILES string of the molecule is CCc1cc2c(=O)n(CC(=O)N/N=C/c3ccc(F)cc3)cnc2s1. The monoisotopic (exact) mass is 358 g/mol. The maximum absolute atomic E-state index is 12.8. The van der Waals surface area contributed by atoms with Crippen LogP contribution < -0.4 is 11.0 Å². The number of amides is 1. The molecule has 0 spiro atoms. The first kappa shape index (κ1) is 17.0. The number of nitrogens with one attached hydrogen (secondary N) is 1. The van der Waals surface area contributed by atoms with E-state index in [2.05, 4.69) is 15.5 Å². The van der Waals surface area contributed by atoms with Crippen molar-refractivity contribution in [3.8, 4) is 0 Å². The standard InChI is InChI=1S/C17H15FN4O2S/c1-2-13-7-14-16(25-13)19-10-22(17(14)24)9-15(23)21-20-8-11-3-5-12(18)6-4-11/h3-8,10H,2,9H2,1H3,(H,21,23)/b20-8+. The van der Waals surface area contributed by atoms with Crippen LogP contribution in [0.25, 0.3) is 10.2 Å². The fourth-order valence-electron chi connectivity index (χ4n) is 2.21. The minimum absolute atomic E-state index is 0.181. The van der Waals surface area contributed by atoms with Gasteiger partial charge in [0.15, 0.2) is 0 Å². The molecule has 2 aromatic heterocycles. The van der Waals surface area contributed by atoms with Crippen LogP contribution in [-0.2, 0) is 17.8 Å². The lowest BCUT2D eigenvalue weighted by Gasteiger charge is -2.03. The molecule has 25 heavy (non-hydrogen) atoms. The molecule has 128 valence electrons. The minimum atomic E-state index is -0.451. The zero-order valence-electron chi connectivity index (χ0n) is 13.4. The molecule has 3 rings (SSSR count). The van der Waals surface area contributed by atoms with Gasteiger partial charge in [0.1, 0.15) is 17.2 Å². The molecule has 0 saturated carbocycles. The van der Waals surface area contributed by atoms with Gasteiger partial charge in [0.2, 0.25) is 0 Å². The molecule has 0 fully saturated rings. The predicted octanol–water partition coefficient (Wildman–Crippen LogP) is 2.31. The predicted molar refractivity (Wildman–Crippen MR) is 95.4 cm³/mol. The number of carbonyl (C=O) groups excluding carboxylic acids is 1. The highest BCUT2D eigenvalue weighted by molar-refractivity contribution is 7.18. The van der Waals surface area contributed by atoms with E-state index < -0.39 is 5.91 Å². The summed E-state index contributed by atoms with van der Waals surface area (Å²) in [6.45, 7) is 1.83. The summed E-state index contributed by atoms with van der Waals surface area (Å²) in [6.07, 6.45) is 3.59. The third kappa shape index (κ3) is 3.97.